The van der Waals surface area contributed by atoms with Gasteiger partial charge in [0.1, 0.15) is 5.75 Å². The third-order valence-electron chi connectivity index (χ3n) is 6.66. The van der Waals surface area contributed by atoms with Crippen LogP contribution in [0.25, 0.3) is 5.57 Å². The first-order chi connectivity index (χ1) is 15.4. The van der Waals surface area contributed by atoms with Crippen molar-refractivity contribution in [2.24, 2.45) is 0 Å². The molecule has 2 fully saturated rings. The maximum atomic E-state index is 12.6. The molecule has 7 nitrogen and oxygen atoms in total. The smallest absolute Gasteiger partial charge is 0.178 e. The van der Waals surface area contributed by atoms with Crippen LogP contribution < -0.4 is 4.74 Å². The van der Waals surface area contributed by atoms with Crippen molar-refractivity contribution in [3.8, 4) is 5.75 Å². The zero-order valence-corrected chi connectivity index (χ0v) is 19.4. The predicted molar refractivity (Wildman–Crippen MR) is 121 cm³/mol. The van der Waals surface area contributed by atoms with Crippen LogP contribution in [0.1, 0.15) is 49.4 Å². The minimum absolute atomic E-state index is 0.0356. The second kappa shape index (κ2) is 8.24. The molecule has 0 unspecified atom stereocenters. The van der Waals surface area contributed by atoms with E-state index in [0.717, 1.165) is 54.6 Å². The van der Waals surface area contributed by atoms with Gasteiger partial charge in [-0.1, -0.05) is 6.92 Å². The third kappa shape index (κ3) is 3.95. The highest BCUT2D eigenvalue weighted by Gasteiger charge is 2.41. The van der Waals surface area contributed by atoms with Gasteiger partial charge in [-0.2, -0.15) is 0 Å². The summed E-state index contributed by atoms with van der Waals surface area (Å²) >= 11 is 0. The third-order valence-corrected chi connectivity index (χ3v) is 8.39. The molecule has 3 aliphatic rings. The van der Waals surface area contributed by atoms with E-state index in [-0.39, 0.29) is 11.9 Å². The molecule has 8 heteroatoms. The predicted octanol–water partition coefficient (Wildman–Crippen LogP) is 3.71. The number of nitrogens with zero attached hydrogens (tertiary/aromatic N) is 1. The van der Waals surface area contributed by atoms with Crippen molar-refractivity contribution in [3.05, 3.63) is 53.5 Å². The molecule has 3 heterocycles. The Kier molecular flexibility index (Phi) is 5.55. The van der Waals surface area contributed by atoms with Crippen molar-refractivity contribution >= 4 is 15.4 Å². The Hall–Kier alpha value is -2.29. The normalized spacial score (nSPS) is 20.9. The van der Waals surface area contributed by atoms with E-state index in [1.54, 1.807) is 19.1 Å². The number of hydrogen-bond acceptors (Lipinski definition) is 6. The van der Waals surface area contributed by atoms with Crippen molar-refractivity contribution in [1.29, 1.82) is 0 Å². The molecule has 2 aliphatic heterocycles. The maximum Gasteiger partial charge on any atom is 0.178 e. The number of hydrogen-bond donors (Lipinski definition) is 1. The summed E-state index contributed by atoms with van der Waals surface area (Å²) in [7, 11) is -1.33. The number of ether oxygens (including phenoxy) is 3. The number of benzene rings is 1. The van der Waals surface area contributed by atoms with E-state index in [2.05, 4.69) is 16.1 Å². The first-order valence-electron chi connectivity index (χ1n) is 11.3. The monoisotopic (exact) mass is 458 g/mol. The Labute approximate surface area is 189 Å². The van der Waals surface area contributed by atoms with Gasteiger partial charge >= 0.3 is 0 Å². The molecule has 172 valence electrons. The van der Waals surface area contributed by atoms with E-state index in [0.29, 0.717) is 23.9 Å². The molecule has 1 N–H and O–H groups in total. The minimum Gasteiger partial charge on any atom is -0.490 e. The zero-order valence-electron chi connectivity index (χ0n) is 18.6. The Bertz CT molecular complexity index is 1120. The van der Waals surface area contributed by atoms with Crippen molar-refractivity contribution in [1.82, 2.24) is 9.88 Å². The van der Waals surface area contributed by atoms with Crippen molar-refractivity contribution in [2.45, 2.75) is 55.9 Å². The van der Waals surface area contributed by atoms with Crippen LogP contribution >= 0.6 is 0 Å². The van der Waals surface area contributed by atoms with E-state index < -0.39 is 15.6 Å². The Morgan fingerprint density at radius 1 is 1.16 bits per heavy atom. The number of H-pyrrole nitrogens is 1. The van der Waals surface area contributed by atoms with Crippen LogP contribution in [0.4, 0.5) is 0 Å². The van der Waals surface area contributed by atoms with Gasteiger partial charge in [0.2, 0.25) is 0 Å². The van der Waals surface area contributed by atoms with E-state index in [1.807, 2.05) is 25.4 Å². The molecule has 1 aliphatic carbocycles. The van der Waals surface area contributed by atoms with Gasteiger partial charge in [-0.15, -0.1) is 0 Å². The molecule has 1 aromatic heterocycles. The molecule has 5 rings (SSSR count). The number of rotatable bonds is 5. The highest BCUT2D eigenvalue weighted by atomic mass is 32.2. The van der Waals surface area contributed by atoms with Gasteiger partial charge in [-0.3, -0.25) is 0 Å². The maximum absolute atomic E-state index is 12.6. The summed E-state index contributed by atoms with van der Waals surface area (Å²) in [6, 6.07) is 7.28. The molecule has 0 radical (unpaired) electrons. The summed E-state index contributed by atoms with van der Waals surface area (Å²) in [6.07, 6.45) is 7.31. The number of aromatic amines is 1. The fourth-order valence-corrected chi connectivity index (χ4v) is 5.79. The highest BCUT2D eigenvalue weighted by Crippen LogP contribution is 2.41. The van der Waals surface area contributed by atoms with Gasteiger partial charge in [-0.25, -0.2) is 8.42 Å². The van der Waals surface area contributed by atoms with Gasteiger partial charge in [0, 0.05) is 54.7 Å². The first-order valence-corrected chi connectivity index (χ1v) is 12.9. The quantitative estimate of drug-likeness (QED) is 0.736. The lowest BCUT2D eigenvalue weighted by Crippen LogP contribution is -2.38. The van der Waals surface area contributed by atoms with Crippen molar-refractivity contribution in [2.75, 3.05) is 26.0 Å². The summed E-state index contributed by atoms with van der Waals surface area (Å²) in [5.74, 6) is 0.338. The molecule has 2 aromatic rings. The second-order valence-electron chi connectivity index (χ2n) is 8.81. The van der Waals surface area contributed by atoms with Crippen molar-refractivity contribution < 1.29 is 22.6 Å². The van der Waals surface area contributed by atoms with Crippen LogP contribution in [0, 0.1) is 0 Å². The van der Waals surface area contributed by atoms with Crippen molar-refractivity contribution in [3.63, 3.8) is 0 Å². The van der Waals surface area contributed by atoms with Crippen LogP contribution in [0.15, 0.2) is 41.6 Å². The lowest BCUT2D eigenvalue weighted by atomic mass is 9.91. The van der Waals surface area contributed by atoms with Gasteiger partial charge in [-0.05, 0) is 37.1 Å². The lowest BCUT2D eigenvalue weighted by molar-refractivity contribution is -0.186. The second-order valence-corrected chi connectivity index (χ2v) is 11.1. The van der Waals surface area contributed by atoms with Crippen LogP contribution in [-0.4, -0.2) is 56.2 Å². The van der Waals surface area contributed by atoms with Crippen LogP contribution in [0.3, 0.4) is 0 Å². The summed E-state index contributed by atoms with van der Waals surface area (Å²) in [6.45, 7) is 3.76. The molecule has 1 saturated heterocycles. The average Bonchev–Trinajstić information content (AvgIpc) is 3.45. The molecule has 32 heavy (non-hydrogen) atoms. The fourth-order valence-electron chi connectivity index (χ4n) is 4.88. The van der Waals surface area contributed by atoms with E-state index in [4.69, 9.17) is 14.2 Å². The molecular formula is C24H30N2O5S. The van der Waals surface area contributed by atoms with Crippen LogP contribution in [0.2, 0.25) is 0 Å². The standard InChI is InChI=1S/C24H30N2O5S/c1-3-32(27,28)18-4-5-23(31-17-6-9-24(10-7-17)29-12-13-30-24)20(14-18)21-15-26(2)16-22-19(21)8-11-25-22/h4-5,8,11,14-15,17,25H,3,6-7,9-10,12-13,16H2,1-2H3. The fraction of sp³-hybridized carbons (Fsp3) is 0.500. The molecule has 0 bridgehead atoms. The average molecular weight is 459 g/mol. The largest absolute Gasteiger partial charge is 0.490 e. The zero-order chi connectivity index (χ0) is 22.3. The summed E-state index contributed by atoms with van der Waals surface area (Å²) in [4.78, 5) is 5.72. The highest BCUT2D eigenvalue weighted by molar-refractivity contribution is 7.91. The number of nitrogens with one attached hydrogen (secondary N) is 1. The summed E-state index contributed by atoms with van der Waals surface area (Å²) in [5, 5.41) is 0. The number of fused-ring (bicyclic) bond motifs is 1. The van der Waals surface area contributed by atoms with Gasteiger partial charge in [0.05, 0.1) is 36.5 Å². The van der Waals surface area contributed by atoms with Crippen LogP contribution in [0.5, 0.6) is 5.75 Å². The number of aromatic nitrogens is 1. The summed E-state index contributed by atoms with van der Waals surface area (Å²) in [5.41, 5.74) is 3.96. The first kappa shape index (κ1) is 21.6. The lowest BCUT2D eigenvalue weighted by Gasteiger charge is -2.35. The topological polar surface area (TPSA) is 80.9 Å². The number of sulfone groups is 1. The minimum atomic E-state index is -3.34. The van der Waals surface area contributed by atoms with E-state index in [9.17, 15) is 8.42 Å². The molecular weight excluding hydrogens is 428 g/mol. The Morgan fingerprint density at radius 3 is 2.62 bits per heavy atom. The van der Waals surface area contributed by atoms with E-state index >= 15 is 0 Å². The van der Waals surface area contributed by atoms with Gasteiger partial charge in [0.25, 0.3) is 0 Å². The van der Waals surface area contributed by atoms with E-state index in [1.165, 1.54) is 0 Å². The molecule has 0 amide bonds. The van der Waals surface area contributed by atoms with Crippen LogP contribution in [-0.2, 0) is 25.9 Å². The summed E-state index contributed by atoms with van der Waals surface area (Å²) < 4.78 is 43.5. The van der Waals surface area contributed by atoms with Gasteiger partial charge < -0.3 is 24.1 Å². The molecule has 1 spiro atoms. The molecule has 0 atom stereocenters. The Morgan fingerprint density at radius 2 is 1.91 bits per heavy atom. The van der Waals surface area contributed by atoms with Gasteiger partial charge in [0.15, 0.2) is 15.6 Å². The molecule has 1 saturated carbocycles. The SMILES string of the molecule is CCS(=O)(=O)c1ccc(OC2CCC3(CC2)OCCO3)c(C2=CN(C)Cc3[nH]ccc32)c1. The molecule has 1 aromatic carbocycles. The Balaban J connectivity index is 1.49.